The fourth-order valence-electron chi connectivity index (χ4n) is 5.06. The van der Waals surface area contributed by atoms with E-state index in [1.807, 2.05) is 98.8 Å². The number of nitrogens with zero attached hydrogens (tertiary/aromatic N) is 3. The van der Waals surface area contributed by atoms with E-state index in [4.69, 9.17) is 4.74 Å². The second-order valence-electron chi connectivity index (χ2n) is 9.52. The smallest absolute Gasteiger partial charge is 0.280 e. The maximum atomic E-state index is 13.6. The average molecular weight is 524 g/mol. The highest BCUT2D eigenvalue weighted by atomic mass is 16.5. The highest BCUT2D eigenvalue weighted by Gasteiger charge is 2.29. The van der Waals surface area contributed by atoms with Crippen molar-refractivity contribution in [1.82, 2.24) is 4.57 Å². The molecule has 1 amide bonds. The zero-order chi connectivity index (χ0) is 27.5. The summed E-state index contributed by atoms with van der Waals surface area (Å²) in [6.45, 7) is 4.48. The van der Waals surface area contributed by atoms with Gasteiger partial charge in [0.1, 0.15) is 5.75 Å². The molecule has 0 aliphatic carbocycles. The van der Waals surface area contributed by atoms with Crippen LogP contribution >= 0.6 is 0 Å². The molecule has 1 aromatic heterocycles. The lowest BCUT2D eigenvalue weighted by atomic mass is 10.0. The van der Waals surface area contributed by atoms with Crippen molar-refractivity contribution >= 4 is 23.4 Å². The number of amides is 1. The Hall–Kier alpha value is -5.16. The number of anilines is 1. The van der Waals surface area contributed by atoms with Crippen molar-refractivity contribution in [2.75, 3.05) is 11.6 Å². The van der Waals surface area contributed by atoms with E-state index < -0.39 is 0 Å². The summed E-state index contributed by atoms with van der Waals surface area (Å²) in [5, 5.41) is 6.08. The van der Waals surface area contributed by atoms with Gasteiger partial charge in [-0.15, -0.1) is 0 Å². The summed E-state index contributed by atoms with van der Waals surface area (Å²) in [6.07, 6.45) is 1.98. The molecule has 1 aliphatic rings. The molecule has 5 aromatic rings. The minimum Gasteiger partial charge on any atom is -0.494 e. The Morgan fingerprint density at radius 1 is 0.750 bits per heavy atom. The molecule has 0 unspecified atom stereocenters. The summed E-state index contributed by atoms with van der Waals surface area (Å²) in [7, 11) is 0. The molecular formula is C35H29N3O2. The van der Waals surface area contributed by atoms with E-state index in [0.29, 0.717) is 17.9 Å². The fraction of sp³-hybridized carbons (Fsp3) is 0.0857. The number of hydrogen-bond acceptors (Lipinski definition) is 3. The number of carbonyl (C=O) groups is 1. The number of hydrazone groups is 1. The second-order valence-corrected chi connectivity index (χ2v) is 9.52. The third-order valence-electron chi connectivity index (χ3n) is 6.92. The summed E-state index contributed by atoms with van der Waals surface area (Å²) in [5.41, 5.74) is 8.08. The number of ether oxygens (including phenoxy) is 1. The molecule has 4 aromatic carbocycles. The zero-order valence-corrected chi connectivity index (χ0v) is 22.5. The summed E-state index contributed by atoms with van der Waals surface area (Å²) < 4.78 is 7.97. The number of hydrogen-bond donors (Lipinski definition) is 0. The van der Waals surface area contributed by atoms with Gasteiger partial charge in [0.05, 0.1) is 35.0 Å². The van der Waals surface area contributed by atoms with E-state index in [9.17, 15) is 4.79 Å². The van der Waals surface area contributed by atoms with Crippen molar-refractivity contribution in [1.29, 1.82) is 0 Å². The first-order valence-electron chi connectivity index (χ1n) is 13.4. The van der Waals surface area contributed by atoms with Gasteiger partial charge >= 0.3 is 0 Å². The van der Waals surface area contributed by atoms with Crippen LogP contribution in [0.3, 0.4) is 0 Å². The Bertz CT molecular complexity index is 1700. The van der Waals surface area contributed by atoms with E-state index in [1.54, 1.807) is 0 Å². The standard InChI is InChI=1S/C35H29N3O2/c1-3-40-31-21-19-29(20-22-31)37-33(26-13-7-4-8-14-26)24-28(34(37)27-15-9-5-10-16-27)23-32-25(2)36-38(35(32)39)30-17-11-6-12-18-30/h4-24H,3H2,1-2H3/b32-23-. The number of carbonyl (C=O) groups excluding carboxylic acids is 1. The number of para-hydroxylation sites is 1. The maximum Gasteiger partial charge on any atom is 0.280 e. The predicted octanol–water partition coefficient (Wildman–Crippen LogP) is 8.02. The van der Waals surface area contributed by atoms with Crippen molar-refractivity contribution in [3.8, 4) is 34.0 Å². The van der Waals surface area contributed by atoms with Crippen LogP contribution in [0.1, 0.15) is 19.4 Å². The molecule has 0 N–H and O–H groups in total. The molecule has 196 valence electrons. The molecule has 0 atom stereocenters. The van der Waals surface area contributed by atoms with Crippen molar-refractivity contribution in [2.24, 2.45) is 5.10 Å². The monoisotopic (exact) mass is 523 g/mol. The summed E-state index contributed by atoms with van der Waals surface area (Å²) in [6, 6.07) is 40.4. The zero-order valence-electron chi connectivity index (χ0n) is 22.5. The molecule has 2 heterocycles. The Balaban J connectivity index is 1.57. The summed E-state index contributed by atoms with van der Waals surface area (Å²) in [4.78, 5) is 13.6. The van der Waals surface area contributed by atoms with Crippen LogP contribution in [0.2, 0.25) is 0 Å². The predicted molar refractivity (Wildman–Crippen MR) is 163 cm³/mol. The molecule has 0 saturated heterocycles. The lowest BCUT2D eigenvalue weighted by Gasteiger charge is -2.16. The quantitative estimate of drug-likeness (QED) is 0.203. The van der Waals surface area contributed by atoms with Crippen molar-refractivity contribution in [2.45, 2.75) is 13.8 Å². The van der Waals surface area contributed by atoms with Gasteiger partial charge in [-0.05, 0) is 73.5 Å². The van der Waals surface area contributed by atoms with Gasteiger partial charge in [0.25, 0.3) is 5.91 Å². The van der Waals surface area contributed by atoms with E-state index in [-0.39, 0.29) is 5.91 Å². The maximum absolute atomic E-state index is 13.6. The summed E-state index contributed by atoms with van der Waals surface area (Å²) in [5.74, 6) is 0.686. The Kier molecular flexibility index (Phi) is 6.86. The van der Waals surface area contributed by atoms with Crippen molar-refractivity contribution < 1.29 is 9.53 Å². The minimum atomic E-state index is -0.141. The molecular weight excluding hydrogens is 494 g/mol. The van der Waals surface area contributed by atoms with Gasteiger partial charge in [0.15, 0.2) is 0 Å². The topological polar surface area (TPSA) is 46.8 Å². The Morgan fingerprint density at radius 2 is 1.35 bits per heavy atom. The Labute approximate surface area is 234 Å². The van der Waals surface area contributed by atoms with E-state index in [0.717, 1.165) is 45.2 Å². The number of aromatic nitrogens is 1. The normalized spacial score (nSPS) is 14.1. The van der Waals surface area contributed by atoms with Crippen LogP contribution in [-0.4, -0.2) is 22.8 Å². The van der Waals surface area contributed by atoms with Gasteiger partial charge in [-0.3, -0.25) is 4.79 Å². The van der Waals surface area contributed by atoms with Crippen LogP contribution < -0.4 is 9.75 Å². The third-order valence-corrected chi connectivity index (χ3v) is 6.92. The highest BCUT2D eigenvalue weighted by molar-refractivity contribution is 6.32. The van der Waals surface area contributed by atoms with Gasteiger partial charge < -0.3 is 9.30 Å². The first-order chi connectivity index (χ1) is 19.6. The SMILES string of the molecule is CCOc1ccc(-n2c(-c3ccccc3)cc(/C=C3\C(=O)N(c4ccccc4)N=C3C)c2-c2ccccc2)cc1. The van der Waals surface area contributed by atoms with Gasteiger partial charge in [0.2, 0.25) is 0 Å². The lowest BCUT2D eigenvalue weighted by molar-refractivity contribution is -0.114. The van der Waals surface area contributed by atoms with Crippen LogP contribution in [0.4, 0.5) is 5.69 Å². The van der Waals surface area contributed by atoms with Crippen LogP contribution in [0.5, 0.6) is 5.75 Å². The molecule has 0 spiro atoms. The molecule has 1 aliphatic heterocycles. The highest BCUT2D eigenvalue weighted by Crippen LogP contribution is 2.38. The molecule has 0 radical (unpaired) electrons. The second kappa shape index (κ2) is 10.9. The van der Waals surface area contributed by atoms with Gasteiger partial charge in [-0.25, -0.2) is 0 Å². The van der Waals surface area contributed by atoms with Crippen molar-refractivity contribution in [3.63, 3.8) is 0 Å². The van der Waals surface area contributed by atoms with Crippen molar-refractivity contribution in [3.05, 3.63) is 132 Å². The molecule has 0 fully saturated rings. The fourth-order valence-corrected chi connectivity index (χ4v) is 5.06. The molecule has 0 saturated carbocycles. The van der Waals surface area contributed by atoms with E-state index in [1.165, 1.54) is 5.01 Å². The molecule has 5 nitrogen and oxygen atoms in total. The van der Waals surface area contributed by atoms with Gasteiger partial charge in [-0.2, -0.15) is 10.1 Å². The number of benzene rings is 4. The summed E-state index contributed by atoms with van der Waals surface area (Å²) >= 11 is 0. The van der Waals surface area contributed by atoms with Gasteiger partial charge in [0, 0.05) is 11.3 Å². The third kappa shape index (κ3) is 4.74. The average Bonchev–Trinajstić information content (AvgIpc) is 3.52. The molecule has 40 heavy (non-hydrogen) atoms. The van der Waals surface area contributed by atoms with Gasteiger partial charge in [-0.1, -0.05) is 78.9 Å². The Morgan fingerprint density at radius 3 is 1.98 bits per heavy atom. The minimum absolute atomic E-state index is 0.141. The molecule has 5 heteroatoms. The van der Waals surface area contributed by atoms with Crippen LogP contribution in [-0.2, 0) is 4.79 Å². The first-order valence-corrected chi connectivity index (χ1v) is 13.4. The molecule has 6 rings (SSSR count). The lowest BCUT2D eigenvalue weighted by Crippen LogP contribution is -2.21. The van der Waals surface area contributed by atoms with E-state index >= 15 is 0 Å². The van der Waals surface area contributed by atoms with Crippen LogP contribution in [0.25, 0.3) is 34.3 Å². The number of rotatable bonds is 7. The first kappa shape index (κ1) is 25.1. The van der Waals surface area contributed by atoms with Crippen LogP contribution in [0.15, 0.2) is 132 Å². The largest absolute Gasteiger partial charge is 0.494 e. The van der Waals surface area contributed by atoms with E-state index in [2.05, 4.69) is 52.1 Å². The van der Waals surface area contributed by atoms with Crippen LogP contribution in [0, 0.1) is 0 Å². The molecule has 0 bridgehead atoms.